The van der Waals surface area contributed by atoms with Crippen LogP contribution >= 0.6 is 45.2 Å². The van der Waals surface area contributed by atoms with E-state index in [-0.39, 0.29) is 11.8 Å². The Hall–Kier alpha value is -2.14. The van der Waals surface area contributed by atoms with E-state index in [1.54, 1.807) is 36.7 Å². The van der Waals surface area contributed by atoms with E-state index in [0.29, 0.717) is 24.2 Å². The normalized spacial score (nSPS) is 13.1. The second-order valence-corrected chi connectivity index (χ2v) is 10.7. The second-order valence-electron chi connectivity index (χ2n) is 8.00. The van der Waals surface area contributed by atoms with Crippen LogP contribution in [0.2, 0.25) is 0 Å². The minimum Gasteiger partial charge on any atom is -0.352 e. The van der Waals surface area contributed by atoms with Crippen LogP contribution < -0.4 is 10.6 Å². The molecule has 0 fully saturated rings. The Bertz CT molecular complexity index is 1070. The predicted molar refractivity (Wildman–Crippen MR) is 140 cm³/mol. The molecule has 20 heteroatoms. The van der Waals surface area contributed by atoms with Crippen molar-refractivity contribution in [2.24, 2.45) is 0 Å². The molecule has 0 radical (unpaired) electrons. The number of amides is 2. The van der Waals surface area contributed by atoms with Gasteiger partial charge in [0.15, 0.2) is 0 Å². The van der Waals surface area contributed by atoms with Crippen molar-refractivity contribution >= 4 is 57.0 Å². The highest BCUT2D eigenvalue weighted by molar-refractivity contribution is 14.1. The van der Waals surface area contributed by atoms with Gasteiger partial charge >= 0.3 is 31.5 Å². The number of unbranched alkanes of at least 4 members (excludes halogenated alkanes) is 1. The molecule has 2 aromatic rings. The summed E-state index contributed by atoms with van der Waals surface area (Å²) < 4.78 is 138. The van der Waals surface area contributed by atoms with E-state index in [0.717, 1.165) is 12.8 Å². The maximum absolute atomic E-state index is 12.7. The number of pyridine rings is 2. The predicted octanol–water partition coefficient (Wildman–Crippen LogP) is 7.00. The van der Waals surface area contributed by atoms with Gasteiger partial charge in [0.1, 0.15) is 0 Å². The van der Waals surface area contributed by atoms with Crippen molar-refractivity contribution in [1.29, 1.82) is 0 Å². The molecule has 236 valence electrons. The van der Waals surface area contributed by atoms with E-state index < -0.39 is 76.7 Å². The Kier molecular flexibility index (Phi) is 13.1. The third-order valence-corrected chi connectivity index (χ3v) is 6.27. The molecule has 0 bridgehead atoms. The highest BCUT2D eigenvalue weighted by atomic mass is 127. The molecule has 0 atom stereocenters. The average molecular weight is 852 g/mol. The number of hydrogen-bond donors (Lipinski definition) is 2. The first-order chi connectivity index (χ1) is 19.0. The summed E-state index contributed by atoms with van der Waals surface area (Å²) in [4.78, 5) is 31.3. The molecule has 2 N–H and O–H groups in total. The lowest BCUT2D eigenvalue weighted by Gasteiger charge is -2.39. The van der Waals surface area contributed by atoms with Crippen LogP contribution in [0.1, 0.15) is 33.6 Å². The molecule has 6 nitrogen and oxygen atoms in total. The van der Waals surface area contributed by atoms with Gasteiger partial charge in [-0.25, -0.2) is 0 Å². The molecule has 0 saturated carbocycles. The number of halogens is 14. The molecule has 2 rings (SSSR count). The van der Waals surface area contributed by atoms with Gasteiger partial charge in [-0.2, -0.15) is 52.7 Å². The summed E-state index contributed by atoms with van der Waals surface area (Å²) in [5.41, 5.74) is 1.10. The average Bonchev–Trinajstić information content (AvgIpc) is 2.90. The van der Waals surface area contributed by atoms with Crippen molar-refractivity contribution in [2.45, 2.75) is 44.4 Å². The monoisotopic (exact) mass is 852 g/mol. The molecular weight excluding hydrogens is 834 g/mol. The number of alkyl halides is 14. The van der Waals surface area contributed by atoms with Gasteiger partial charge in [0.2, 0.25) is 0 Å². The van der Waals surface area contributed by atoms with Crippen LogP contribution in [-0.4, -0.2) is 66.4 Å². The summed E-state index contributed by atoms with van der Waals surface area (Å²) in [6.45, 7) is 1.13. The van der Waals surface area contributed by atoms with Gasteiger partial charge in [0.25, 0.3) is 11.8 Å². The van der Waals surface area contributed by atoms with Crippen molar-refractivity contribution in [3.05, 3.63) is 60.2 Å². The molecule has 0 aliphatic carbocycles. The SMILES string of the molecule is FC(F)(I)C(F)(F)C(F)(F)C(F)(F)C(F)(F)C(F)(F)I.O=C(NCCCCNC(=O)c1cccnc1)c1cccnc1. The summed E-state index contributed by atoms with van der Waals surface area (Å²) >= 11 is -1.39. The lowest BCUT2D eigenvalue weighted by atomic mass is 9.99. The topological polar surface area (TPSA) is 84.0 Å². The molecule has 0 aliphatic heterocycles. The van der Waals surface area contributed by atoms with Crippen LogP contribution in [0.5, 0.6) is 0 Å². The highest BCUT2D eigenvalue weighted by Gasteiger charge is 2.89. The lowest BCUT2D eigenvalue weighted by Crippen LogP contribution is -2.68. The number of carbonyl (C=O) groups is 2. The first-order valence-corrected chi connectivity index (χ1v) is 13.2. The van der Waals surface area contributed by atoms with Gasteiger partial charge in [-0.3, -0.25) is 19.6 Å². The Morgan fingerprint density at radius 3 is 1.14 bits per heavy atom. The van der Waals surface area contributed by atoms with E-state index in [1.807, 2.05) is 0 Å². The zero-order valence-corrected chi connectivity index (χ0v) is 24.8. The Balaban J connectivity index is 0.000000423. The fraction of sp³-hybridized carbons (Fsp3) is 0.455. The highest BCUT2D eigenvalue weighted by Crippen LogP contribution is 2.62. The summed E-state index contributed by atoms with van der Waals surface area (Å²) in [5.74, 6) is -29.2. The van der Waals surface area contributed by atoms with Gasteiger partial charge in [-0.15, -0.1) is 0 Å². The van der Waals surface area contributed by atoms with Gasteiger partial charge in [0, 0.05) is 83.1 Å². The molecule has 2 amide bonds. The first-order valence-electron chi connectivity index (χ1n) is 11.0. The number of hydrogen-bond acceptors (Lipinski definition) is 4. The van der Waals surface area contributed by atoms with Crippen LogP contribution in [-0.2, 0) is 0 Å². The molecule has 42 heavy (non-hydrogen) atoms. The first kappa shape index (κ1) is 37.9. The van der Waals surface area contributed by atoms with Crippen molar-refractivity contribution in [2.75, 3.05) is 13.1 Å². The largest absolute Gasteiger partial charge is 0.387 e. The van der Waals surface area contributed by atoms with Crippen LogP contribution in [0.4, 0.5) is 52.7 Å². The van der Waals surface area contributed by atoms with Crippen LogP contribution in [0.15, 0.2) is 49.1 Å². The fourth-order valence-electron chi connectivity index (χ4n) is 2.60. The van der Waals surface area contributed by atoms with Crippen molar-refractivity contribution in [3.8, 4) is 0 Å². The fourth-order valence-corrected chi connectivity index (χ4v) is 3.28. The minimum atomic E-state index is -7.44. The summed E-state index contributed by atoms with van der Waals surface area (Å²) in [5, 5.41) is 5.63. The van der Waals surface area contributed by atoms with Crippen LogP contribution in [0, 0.1) is 0 Å². The Morgan fingerprint density at radius 2 is 0.905 bits per heavy atom. The van der Waals surface area contributed by atoms with Crippen molar-refractivity contribution in [3.63, 3.8) is 0 Å². The van der Waals surface area contributed by atoms with E-state index in [1.165, 1.54) is 12.4 Å². The van der Waals surface area contributed by atoms with E-state index in [2.05, 4.69) is 20.6 Å². The summed E-state index contributed by atoms with van der Waals surface area (Å²) in [6.07, 6.45) is 7.90. The number of aromatic nitrogens is 2. The third-order valence-electron chi connectivity index (χ3n) is 4.92. The molecule has 0 aromatic carbocycles. The Morgan fingerprint density at radius 1 is 0.595 bits per heavy atom. The van der Waals surface area contributed by atoms with Gasteiger partial charge in [0.05, 0.1) is 11.1 Å². The molecule has 2 aromatic heterocycles. The number of rotatable bonds is 12. The maximum atomic E-state index is 12.7. The van der Waals surface area contributed by atoms with E-state index in [9.17, 15) is 62.3 Å². The minimum absolute atomic E-state index is 0.132. The third kappa shape index (κ3) is 8.94. The molecule has 2 heterocycles. The summed E-state index contributed by atoms with van der Waals surface area (Å²) in [6, 6.07) is 6.89. The van der Waals surface area contributed by atoms with Crippen molar-refractivity contribution in [1.82, 2.24) is 20.6 Å². The maximum Gasteiger partial charge on any atom is 0.387 e. The molecule has 0 aliphatic rings. The quantitative estimate of drug-likeness (QED) is 0.104. The van der Waals surface area contributed by atoms with Gasteiger partial charge in [-0.1, -0.05) is 0 Å². The molecule has 0 saturated heterocycles. The zero-order chi connectivity index (χ0) is 32.6. The Labute approximate surface area is 256 Å². The molecule has 0 unspecified atom stereocenters. The van der Waals surface area contributed by atoms with E-state index >= 15 is 0 Å². The standard InChI is InChI=1S/C16H18N4O2.C6F12I2/c21-15(13-5-3-7-17-11-13)19-9-1-2-10-20-16(22)14-6-4-8-18-12-14;7-1(8,3(11,12)5(15,16)19)2(9,10)4(13,14)6(17,18)20/h3-8,11-12H,1-2,9-10H2,(H,19,21)(H,20,22);. The van der Waals surface area contributed by atoms with Crippen LogP contribution in [0.3, 0.4) is 0 Å². The van der Waals surface area contributed by atoms with Crippen molar-refractivity contribution < 1.29 is 62.3 Å². The van der Waals surface area contributed by atoms with E-state index in [4.69, 9.17) is 0 Å². The number of nitrogens with zero attached hydrogens (tertiary/aromatic N) is 2. The zero-order valence-electron chi connectivity index (χ0n) is 20.4. The number of nitrogens with one attached hydrogen (secondary N) is 2. The molecule has 0 spiro atoms. The summed E-state index contributed by atoms with van der Waals surface area (Å²) in [7, 11) is 0. The second kappa shape index (κ2) is 14.6. The van der Waals surface area contributed by atoms with Gasteiger partial charge in [-0.05, 0) is 37.1 Å². The van der Waals surface area contributed by atoms with Crippen LogP contribution in [0.25, 0.3) is 0 Å². The lowest BCUT2D eigenvalue weighted by molar-refractivity contribution is -0.401. The molecular formula is C22H18F12I2N4O2. The van der Waals surface area contributed by atoms with Gasteiger partial charge < -0.3 is 10.6 Å². The number of carbonyl (C=O) groups excluding carboxylic acids is 2. The smallest absolute Gasteiger partial charge is 0.352 e.